The molecule has 0 aliphatic carbocycles. The lowest BCUT2D eigenvalue weighted by molar-refractivity contribution is 0.0951. The summed E-state index contributed by atoms with van der Waals surface area (Å²) >= 11 is 6.22. The zero-order chi connectivity index (χ0) is 22.6. The lowest BCUT2D eigenvalue weighted by Crippen LogP contribution is -2.52. The van der Waals surface area contributed by atoms with E-state index in [0.29, 0.717) is 12.1 Å². The number of hydrogen-bond donors (Lipinski definition) is 3. The quantitative estimate of drug-likeness (QED) is 0.404. The molecule has 33 heavy (non-hydrogen) atoms. The van der Waals surface area contributed by atoms with E-state index in [2.05, 4.69) is 31.6 Å². The van der Waals surface area contributed by atoms with E-state index < -0.39 is 0 Å². The topological polar surface area (TPSA) is 73.1 Å². The molecule has 1 fully saturated rings. The summed E-state index contributed by atoms with van der Waals surface area (Å²) in [5.41, 5.74) is 5.60. The number of halogens is 1. The summed E-state index contributed by atoms with van der Waals surface area (Å²) in [6, 6.07) is 22.0. The van der Waals surface area contributed by atoms with Gasteiger partial charge in [-0.1, -0.05) is 54.1 Å². The summed E-state index contributed by atoms with van der Waals surface area (Å²) in [5.74, 6) is -0.0990. The largest absolute Gasteiger partial charge is 0.364 e. The normalized spacial score (nSPS) is 16.2. The first-order chi connectivity index (χ1) is 16.2. The molecule has 4 aromatic rings. The molecule has 1 aromatic heterocycles. The van der Waals surface area contributed by atoms with Crippen LogP contribution in [0.15, 0.2) is 73.1 Å². The van der Waals surface area contributed by atoms with Crippen LogP contribution >= 0.6 is 11.6 Å². The Hall–Kier alpha value is -3.35. The van der Waals surface area contributed by atoms with Crippen molar-refractivity contribution in [1.29, 1.82) is 0 Å². The summed E-state index contributed by atoms with van der Waals surface area (Å²) in [7, 11) is 0. The summed E-state index contributed by atoms with van der Waals surface area (Å²) in [4.78, 5) is 23.2. The number of anilines is 1. The molecule has 5 rings (SSSR count). The molecule has 1 aliphatic heterocycles. The van der Waals surface area contributed by atoms with Gasteiger partial charge in [0.1, 0.15) is 5.52 Å². The molecule has 6 nitrogen and oxygen atoms in total. The monoisotopic (exact) mass is 459 g/mol. The molecule has 1 amide bonds. The number of nitrogens with zero attached hydrogens (tertiary/aromatic N) is 2. The van der Waals surface area contributed by atoms with Crippen LogP contribution in [0.2, 0.25) is 5.02 Å². The highest BCUT2D eigenvalue weighted by molar-refractivity contribution is 6.30. The molecule has 3 aromatic carbocycles. The van der Waals surface area contributed by atoms with Crippen LogP contribution in [0.1, 0.15) is 21.5 Å². The van der Waals surface area contributed by atoms with Gasteiger partial charge in [0.25, 0.3) is 5.91 Å². The third kappa shape index (κ3) is 4.87. The van der Waals surface area contributed by atoms with Gasteiger partial charge in [-0.2, -0.15) is 0 Å². The standard InChI is InChI=1S/C26H26ClN5O/c27-21-8-4-7-19(11-21)12-22-16-28-9-10-32(22)24-14-20(13-23-25(24)31-17-30-23)26(33)29-15-18-5-2-1-3-6-18/h1-8,11,13-14,17,22,28H,9-10,12,15-16H2,(H,29,33)(H,30,31). The maximum atomic E-state index is 13.0. The highest BCUT2D eigenvalue weighted by atomic mass is 35.5. The summed E-state index contributed by atoms with van der Waals surface area (Å²) in [6.45, 7) is 3.05. The van der Waals surface area contributed by atoms with E-state index >= 15 is 0 Å². The van der Waals surface area contributed by atoms with Gasteiger partial charge in [-0.05, 0) is 41.8 Å². The number of H-pyrrole nitrogens is 1. The van der Waals surface area contributed by atoms with Crippen LogP contribution < -0.4 is 15.5 Å². The number of aromatic amines is 1. The van der Waals surface area contributed by atoms with E-state index in [1.807, 2.05) is 60.7 Å². The molecular formula is C26H26ClN5O. The third-order valence-corrected chi connectivity index (χ3v) is 6.32. The summed E-state index contributed by atoms with van der Waals surface area (Å²) in [5, 5.41) is 7.29. The van der Waals surface area contributed by atoms with Crippen molar-refractivity contribution in [3.8, 4) is 0 Å². The molecular weight excluding hydrogens is 434 g/mol. The Kier molecular flexibility index (Phi) is 6.28. The van der Waals surface area contributed by atoms with Crippen molar-refractivity contribution >= 4 is 34.2 Å². The van der Waals surface area contributed by atoms with Crippen molar-refractivity contribution in [2.24, 2.45) is 0 Å². The van der Waals surface area contributed by atoms with Crippen LogP contribution in [0.5, 0.6) is 0 Å². The Bertz CT molecular complexity index is 1260. The Morgan fingerprint density at radius 3 is 2.79 bits per heavy atom. The second-order valence-corrected chi connectivity index (χ2v) is 8.78. The number of carbonyl (C=O) groups excluding carboxylic acids is 1. The van der Waals surface area contributed by atoms with Crippen LogP contribution in [0.25, 0.3) is 11.0 Å². The van der Waals surface area contributed by atoms with Gasteiger partial charge < -0.3 is 20.5 Å². The van der Waals surface area contributed by atoms with Gasteiger partial charge in [-0.15, -0.1) is 0 Å². The van der Waals surface area contributed by atoms with Gasteiger partial charge in [-0.3, -0.25) is 4.79 Å². The Balaban J connectivity index is 1.43. The van der Waals surface area contributed by atoms with E-state index in [9.17, 15) is 4.79 Å². The highest BCUT2D eigenvalue weighted by Crippen LogP contribution is 2.30. The minimum Gasteiger partial charge on any atom is -0.364 e. The second kappa shape index (κ2) is 9.65. The zero-order valence-corrected chi connectivity index (χ0v) is 19.0. The highest BCUT2D eigenvalue weighted by Gasteiger charge is 2.26. The van der Waals surface area contributed by atoms with Crippen LogP contribution in [-0.2, 0) is 13.0 Å². The fraction of sp³-hybridized carbons (Fsp3) is 0.231. The molecule has 0 bridgehead atoms. The van der Waals surface area contributed by atoms with E-state index in [-0.39, 0.29) is 11.9 Å². The number of nitrogens with one attached hydrogen (secondary N) is 3. The number of fused-ring (bicyclic) bond motifs is 1. The number of aromatic nitrogens is 2. The first kappa shape index (κ1) is 21.5. The molecule has 168 valence electrons. The average Bonchev–Trinajstić information content (AvgIpc) is 3.32. The van der Waals surface area contributed by atoms with Crippen molar-refractivity contribution in [3.05, 3.63) is 94.8 Å². The third-order valence-electron chi connectivity index (χ3n) is 6.08. The maximum Gasteiger partial charge on any atom is 0.251 e. The predicted molar refractivity (Wildman–Crippen MR) is 133 cm³/mol. The minimum atomic E-state index is -0.0990. The number of piperazine rings is 1. The van der Waals surface area contributed by atoms with Gasteiger partial charge in [0.2, 0.25) is 0 Å². The molecule has 1 atom stereocenters. The minimum absolute atomic E-state index is 0.0990. The van der Waals surface area contributed by atoms with Crippen molar-refractivity contribution < 1.29 is 4.79 Å². The number of imidazole rings is 1. The SMILES string of the molecule is O=C(NCc1ccccc1)c1cc(N2CCNCC2Cc2cccc(Cl)c2)c2nc[nH]c2c1. The van der Waals surface area contributed by atoms with Gasteiger partial charge >= 0.3 is 0 Å². The van der Waals surface area contributed by atoms with Crippen molar-refractivity contribution in [2.45, 2.75) is 19.0 Å². The number of rotatable bonds is 6. The molecule has 3 N–H and O–H groups in total. The lowest BCUT2D eigenvalue weighted by Gasteiger charge is -2.38. The van der Waals surface area contributed by atoms with Crippen molar-refractivity contribution in [2.75, 3.05) is 24.5 Å². The Morgan fingerprint density at radius 2 is 1.94 bits per heavy atom. The fourth-order valence-electron chi connectivity index (χ4n) is 4.46. The summed E-state index contributed by atoms with van der Waals surface area (Å²) < 4.78 is 0. The molecule has 0 spiro atoms. The zero-order valence-electron chi connectivity index (χ0n) is 18.2. The number of amides is 1. The lowest BCUT2D eigenvalue weighted by atomic mass is 10.0. The summed E-state index contributed by atoms with van der Waals surface area (Å²) in [6.07, 6.45) is 2.54. The Morgan fingerprint density at radius 1 is 1.09 bits per heavy atom. The molecule has 2 heterocycles. The van der Waals surface area contributed by atoms with Gasteiger partial charge in [0.05, 0.1) is 17.5 Å². The molecule has 0 saturated carbocycles. The van der Waals surface area contributed by atoms with E-state index in [4.69, 9.17) is 11.6 Å². The van der Waals surface area contributed by atoms with E-state index in [1.54, 1.807) is 6.33 Å². The van der Waals surface area contributed by atoms with Crippen LogP contribution in [0.3, 0.4) is 0 Å². The second-order valence-electron chi connectivity index (χ2n) is 8.35. The molecule has 1 saturated heterocycles. The predicted octanol–water partition coefficient (Wildman–Crippen LogP) is 4.17. The molecule has 0 radical (unpaired) electrons. The first-order valence-corrected chi connectivity index (χ1v) is 11.6. The van der Waals surface area contributed by atoms with Gasteiger partial charge in [0.15, 0.2) is 0 Å². The van der Waals surface area contributed by atoms with Gasteiger partial charge in [0, 0.05) is 42.8 Å². The van der Waals surface area contributed by atoms with Crippen molar-refractivity contribution in [3.63, 3.8) is 0 Å². The first-order valence-electron chi connectivity index (χ1n) is 11.2. The van der Waals surface area contributed by atoms with Crippen LogP contribution in [-0.4, -0.2) is 41.6 Å². The average molecular weight is 460 g/mol. The Labute approximate surface area is 198 Å². The van der Waals surface area contributed by atoms with E-state index in [0.717, 1.165) is 53.4 Å². The molecule has 7 heteroatoms. The number of carbonyl (C=O) groups is 1. The van der Waals surface area contributed by atoms with Crippen LogP contribution in [0.4, 0.5) is 5.69 Å². The van der Waals surface area contributed by atoms with Gasteiger partial charge in [-0.25, -0.2) is 4.98 Å². The number of benzene rings is 3. The molecule has 1 unspecified atom stereocenters. The van der Waals surface area contributed by atoms with Crippen LogP contribution in [0, 0.1) is 0 Å². The van der Waals surface area contributed by atoms with E-state index in [1.165, 1.54) is 5.56 Å². The maximum absolute atomic E-state index is 13.0. The number of hydrogen-bond acceptors (Lipinski definition) is 4. The van der Waals surface area contributed by atoms with Crippen molar-refractivity contribution in [1.82, 2.24) is 20.6 Å². The fourth-order valence-corrected chi connectivity index (χ4v) is 4.67. The molecule has 1 aliphatic rings. The smallest absolute Gasteiger partial charge is 0.251 e.